The molecule has 0 saturated heterocycles. The van der Waals surface area contributed by atoms with Crippen LogP contribution < -0.4 is 11.5 Å². The molecule has 4 N–H and O–H groups in total. The Balaban J connectivity index is 2.24. The molecule has 1 unspecified atom stereocenters. The lowest BCUT2D eigenvalue weighted by atomic mass is 10.0. The van der Waals surface area contributed by atoms with Gasteiger partial charge in [-0.2, -0.15) is 0 Å². The van der Waals surface area contributed by atoms with Crippen molar-refractivity contribution in [3.05, 3.63) is 35.4 Å². The van der Waals surface area contributed by atoms with Crippen molar-refractivity contribution in [3.8, 4) is 0 Å². The fourth-order valence-corrected chi connectivity index (χ4v) is 1.63. The monoisotopic (exact) mass is 190 g/mol. The molecule has 1 aromatic carbocycles. The molecule has 3 heteroatoms. The van der Waals surface area contributed by atoms with Crippen LogP contribution >= 0.6 is 0 Å². The number of primary amides is 1. The maximum atomic E-state index is 10.9. The Labute approximate surface area is 83.1 Å². The molecular weight excluding hydrogens is 176 g/mol. The standard InChI is InChI=1S/C11H14N2O/c12-10(7-4-5-7)8-2-1-3-9(6-8)11(13)14/h1-3,6-7,10H,4-5,12H2,(H2,13,14). The van der Waals surface area contributed by atoms with Gasteiger partial charge in [0.2, 0.25) is 5.91 Å². The highest BCUT2D eigenvalue weighted by atomic mass is 16.1. The molecule has 1 aliphatic rings. The average Bonchev–Trinajstić information content (AvgIpc) is 3.00. The Kier molecular flexibility index (Phi) is 2.25. The number of benzene rings is 1. The lowest BCUT2D eigenvalue weighted by molar-refractivity contribution is 0.1000. The number of amides is 1. The summed E-state index contributed by atoms with van der Waals surface area (Å²) in [6.45, 7) is 0. The van der Waals surface area contributed by atoms with E-state index < -0.39 is 5.91 Å². The zero-order valence-electron chi connectivity index (χ0n) is 7.94. The number of hydrogen-bond donors (Lipinski definition) is 2. The van der Waals surface area contributed by atoms with E-state index in [1.807, 2.05) is 12.1 Å². The smallest absolute Gasteiger partial charge is 0.248 e. The molecule has 1 aliphatic carbocycles. The fourth-order valence-electron chi connectivity index (χ4n) is 1.63. The number of carbonyl (C=O) groups excluding carboxylic acids is 1. The molecule has 1 saturated carbocycles. The lowest BCUT2D eigenvalue weighted by Crippen LogP contribution is -2.15. The Hall–Kier alpha value is -1.35. The van der Waals surface area contributed by atoms with Crippen molar-refractivity contribution in [2.75, 3.05) is 0 Å². The largest absolute Gasteiger partial charge is 0.366 e. The SMILES string of the molecule is NC(=O)c1cccc(C(N)C2CC2)c1. The summed E-state index contributed by atoms with van der Waals surface area (Å²) in [7, 11) is 0. The minimum Gasteiger partial charge on any atom is -0.366 e. The van der Waals surface area contributed by atoms with E-state index in [-0.39, 0.29) is 6.04 Å². The van der Waals surface area contributed by atoms with Gasteiger partial charge in [-0.05, 0) is 36.5 Å². The van der Waals surface area contributed by atoms with Crippen LogP contribution in [0.2, 0.25) is 0 Å². The molecule has 0 bridgehead atoms. The van der Waals surface area contributed by atoms with Crippen LogP contribution in [0.15, 0.2) is 24.3 Å². The zero-order chi connectivity index (χ0) is 10.1. The van der Waals surface area contributed by atoms with Gasteiger partial charge in [0.25, 0.3) is 0 Å². The third kappa shape index (κ3) is 1.77. The highest BCUT2D eigenvalue weighted by molar-refractivity contribution is 5.92. The molecular formula is C11H14N2O. The van der Waals surface area contributed by atoms with Crippen LogP contribution in [0, 0.1) is 5.92 Å². The van der Waals surface area contributed by atoms with Gasteiger partial charge >= 0.3 is 0 Å². The summed E-state index contributed by atoms with van der Waals surface area (Å²) in [6, 6.07) is 7.36. The summed E-state index contributed by atoms with van der Waals surface area (Å²) in [5.74, 6) is 0.202. The van der Waals surface area contributed by atoms with Gasteiger partial charge < -0.3 is 11.5 Å². The normalized spacial score (nSPS) is 17.8. The lowest BCUT2D eigenvalue weighted by Gasteiger charge is -2.10. The van der Waals surface area contributed by atoms with Gasteiger partial charge in [-0.3, -0.25) is 4.79 Å². The maximum Gasteiger partial charge on any atom is 0.248 e. The van der Waals surface area contributed by atoms with Gasteiger partial charge in [0.15, 0.2) is 0 Å². The van der Waals surface area contributed by atoms with Crippen molar-refractivity contribution in [1.29, 1.82) is 0 Å². The molecule has 0 spiro atoms. The van der Waals surface area contributed by atoms with Crippen molar-refractivity contribution in [2.45, 2.75) is 18.9 Å². The van der Waals surface area contributed by atoms with Crippen molar-refractivity contribution in [2.24, 2.45) is 17.4 Å². The van der Waals surface area contributed by atoms with E-state index in [9.17, 15) is 4.79 Å². The van der Waals surface area contributed by atoms with Gasteiger partial charge in [0, 0.05) is 11.6 Å². The minimum atomic E-state index is -0.394. The predicted octanol–water partition coefficient (Wildman–Crippen LogP) is 1.20. The fraction of sp³-hybridized carbons (Fsp3) is 0.364. The van der Waals surface area contributed by atoms with Crippen LogP contribution in [0.1, 0.15) is 34.8 Å². The van der Waals surface area contributed by atoms with E-state index in [2.05, 4.69) is 0 Å². The second kappa shape index (κ2) is 3.42. The van der Waals surface area contributed by atoms with Crippen LogP contribution in [0.4, 0.5) is 0 Å². The molecule has 0 heterocycles. The van der Waals surface area contributed by atoms with E-state index in [1.165, 1.54) is 12.8 Å². The van der Waals surface area contributed by atoms with Crippen LogP contribution in [0.5, 0.6) is 0 Å². The Morgan fingerprint density at radius 1 is 1.43 bits per heavy atom. The molecule has 0 aromatic heterocycles. The first-order valence-electron chi connectivity index (χ1n) is 4.84. The molecule has 14 heavy (non-hydrogen) atoms. The maximum absolute atomic E-state index is 10.9. The topological polar surface area (TPSA) is 69.1 Å². The van der Waals surface area contributed by atoms with E-state index in [0.29, 0.717) is 11.5 Å². The first-order valence-corrected chi connectivity index (χ1v) is 4.84. The predicted molar refractivity (Wildman–Crippen MR) is 54.6 cm³/mol. The Bertz CT molecular complexity index is 358. The summed E-state index contributed by atoms with van der Waals surface area (Å²) in [4.78, 5) is 10.9. The first-order chi connectivity index (χ1) is 6.68. The number of rotatable bonds is 3. The molecule has 1 aromatic rings. The summed E-state index contributed by atoms with van der Waals surface area (Å²) < 4.78 is 0. The van der Waals surface area contributed by atoms with Crippen molar-refractivity contribution >= 4 is 5.91 Å². The summed E-state index contributed by atoms with van der Waals surface area (Å²) >= 11 is 0. The first kappa shape index (κ1) is 9.21. The Morgan fingerprint density at radius 2 is 2.14 bits per heavy atom. The van der Waals surface area contributed by atoms with E-state index in [4.69, 9.17) is 11.5 Å². The number of nitrogens with two attached hydrogens (primary N) is 2. The molecule has 2 rings (SSSR count). The third-order valence-electron chi connectivity index (χ3n) is 2.69. The molecule has 1 amide bonds. The zero-order valence-corrected chi connectivity index (χ0v) is 7.94. The number of hydrogen-bond acceptors (Lipinski definition) is 2. The van der Waals surface area contributed by atoms with E-state index in [1.54, 1.807) is 12.1 Å². The Morgan fingerprint density at radius 3 is 2.71 bits per heavy atom. The van der Waals surface area contributed by atoms with Crippen LogP contribution in [-0.4, -0.2) is 5.91 Å². The summed E-state index contributed by atoms with van der Waals surface area (Å²) in [5.41, 5.74) is 12.8. The van der Waals surface area contributed by atoms with Gasteiger partial charge in [0.1, 0.15) is 0 Å². The molecule has 74 valence electrons. The van der Waals surface area contributed by atoms with Gasteiger partial charge in [-0.1, -0.05) is 12.1 Å². The van der Waals surface area contributed by atoms with E-state index >= 15 is 0 Å². The molecule has 0 radical (unpaired) electrons. The minimum absolute atomic E-state index is 0.0642. The van der Waals surface area contributed by atoms with Gasteiger partial charge in [-0.25, -0.2) is 0 Å². The van der Waals surface area contributed by atoms with Crippen molar-refractivity contribution in [1.82, 2.24) is 0 Å². The van der Waals surface area contributed by atoms with Gasteiger partial charge in [-0.15, -0.1) is 0 Å². The molecule has 0 aliphatic heterocycles. The van der Waals surface area contributed by atoms with Crippen molar-refractivity contribution < 1.29 is 4.79 Å². The van der Waals surface area contributed by atoms with Crippen LogP contribution in [-0.2, 0) is 0 Å². The highest BCUT2D eigenvalue weighted by Crippen LogP contribution is 2.39. The van der Waals surface area contributed by atoms with Crippen LogP contribution in [0.25, 0.3) is 0 Å². The van der Waals surface area contributed by atoms with Gasteiger partial charge in [0.05, 0.1) is 0 Å². The quantitative estimate of drug-likeness (QED) is 0.751. The molecule has 1 fully saturated rings. The summed E-state index contributed by atoms with van der Waals surface area (Å²) in [5, 5.41) is 0. The van der Waals surface area contributed by atoms with E-state index in [0.717, 1.165) is 5.56 Å². The second-order valence-corrected chi connectivity index (χ2v) is 3.85. The second-order valence-electron chi connectivity index (χ2n) is 3.85. The van der Waals surface area contributed by atoms with Crippen molar-refractivity contribution in [3.63, 3.8) is 0 Å². The van der Waals surface area contributed by atoms with Crippen LogP contribution in [0.3, 0.4) is 0 Å². The highest BCUT2D eigenvalue weighted by Gasteiger charge is 2.29. The number of carbonyl (C=O) groups is 1. The average molecular weight is 190 g/mol. The molecule has 1 atom stereocenters. The molecule has 3 nitrogen and oxygen atoms in total. The third-order valence-corrected chi connectivity index (χ3v) is 2.69. The summed E-state index contributed by atoms with van der Waals surface area (Å²) in [6.07, 6.45) is 2.39.